The van der Waals surface area contributed by atoms with Crippen LogP contribution < -0.4 is 4.72 Å². The Balaban J connectivity index is 1.97. The maximum Gasteiger partial charge on any atom is 0.250 e. The summed E-state index contributed by atoms with van der Waals surface area (Å²) in [5, 5.41) is 0. The van der Waals surface area contributed by atoms with Crippen LogP contribution in [-0.2, 0) is 16.4 Å². The molecule has 1 aliphatic carbocycles. The first-order valence-electron chi connectivity index (χ1n) is 6.71. The first-order chi connectivity index (χ1) is 9.06. The Bertz CT molecular complexity index is 512. The van der Waals surface area contributed by atoms with Crippen LogP contribution in [-0.4, -0.2) is 20.8 Å². The van der Waals surface area contributed by atoms with Crippen LogP contribution in [0.2, 0.25) is 0 Å². The molecule has 0 spiro atoms. The van der Waals surface area contributed by atoms with Gasteiger partial charge in [0, 0.05) is 17.3 Å². The highest BCUT2D eigenvalue weighted by molar-refractivity contribution is 7.91. The molecule has 2 unspecified atom stereocenters. The topological polar surface area (TPSA) is 46.2 Å². The number of halogens is 1. The van der Waals surface area contributed by atoms with E-state index in [4.69, 9.17) is 11.6 Å². The van der Waals surface area contributed by atoms with Crippen molar-refractivity contribution in [2.45, 2.75) is 36.8 Å². The highest BCUT2D eigenvalue weighted by Gasteiger charge is 2.28. The van der Waals surface area contributed by atoms with Crippen LogP contribution in [0.5, 0.6) is 0 Å². The van der Waals surface area contributed by atoms with Crippen molar-refractivity contribution >= 4 is 33.0 Å². The lowest BCUT2D eigenvalue weighted by Crippen LogP contribution is -2.30. The zero-order valence-electron chi connectivity index (χ0n) is 11.1. The van der Waals surface area contributed by atoms with E-state index in [9.17, 15) is 8.42 Å². The Kier molecular flexibility index (Phi) is 5.29. The van der Waals surface area contributed by atoms with Crippen molar-refractivity contribution in [1.29, 1.82) is 0 Å². The molecule has 1 heterocycles. The molecule has 1 aromatic heterocycles. The summed E-state index contributed by atoms with van der Waals surface area (Å²) >= 11 is 7.27. The minimum absolute atomic E-state index is 0.387. The lowest BCUT2D eigenvalue weighted by Gasteiger charge is -2.17. The maximum atomic E-state index is 12.2. The minimum atomic E-state index is -3.34. The van der Waals surface area contributed by atoms with Crippen LogP contribution in [0.3, 0.4) is 0 Å². The lowest BCUT2D eigenvalue weighted by atomic mass is 9.98. The molecule has 1 fully saturated rings. The van der Waals surface area contributed by atoms with Gasteiger partial charge in [-0.15, -0.1) is 22.9 Å². The largest absolute Gasteiger partial charge is 0.250 e. The van der Waals surface area contributed by atoms with E-state index in [1.807, 2.05) is 13.0 Å². The van der Waals surface area contributed by atoms with Crippen LogP contribution in [0.25, 0.3) is 0 Å². The van der Waals surface area contributed by atoms with Crippen molar-refractivity contribution in [3.05, 3.63) is 17.0 Å². The number of hydrogen-bond donors (Lipinski definition) is 1. The fraction of sp³-hybridized carbons (Fsp3) is 0.692. The van der Waals surface area contributed by atoms with Gasteiger partial charge in [0.2, 0.25) is 10.0 Å². The van der Waals surface area contributed by atoms with Crippen LogP contribution in [0.1, 0.15) is 31.1 Å². The second-order valence-corrected chi connectivity index (χ2v) is 8.50. The van der Waals surface area contributed by atoms with E-state index in [0.717, 1.165) is 30.6 Å². The number of thiophene rings is 1. The van der Waals surface area contributed by atoms with Crippen LogP contribution in [0.15, 0.2) is 16.3 Å². The molecular formula is C13H20ClNO2S2. The van der Waals surface area contributed by atoms with Gasteiger partial charge in [-0.3, -0.25) is 0 Å². The van der Waals surface area contributed by atoms with Gasteiger partial charge in [0.25, 0.3) is 0 Å². The molecule has 108 valence electrons. The van der Waals surface area contributed by atoms with Gasteiger partial charge in [-0.05, 0) is 43.2 Å². The number of aryl methyl sites for hydroxylation is 1. The monoisotopic (exact) mass is 321 g/mol. The molecule has 19 heavy (non-hydrogen) atoms. The average Bonchev–Trinajstić information content (AvgIpc) is 3.05. The normalized spacial score (nSPS) is 23.9. The molecule has 0 aliphatic heterocycles. The van der Waals surface area contributed by atoms with Gasteiger partial charge in [0.15, 0.2) is 0 Å². The standard InChI is InChI=1S/C13H20ClNO2S2/c1-2-12-6-7-13(18-12)19(16,17)15-9-11-5-3-4-10(11)8-14/h6-7,10-11,15H,2-5,8-9H2,1H3. The number of hydrogen-bond acceptors (Lipinski definition) is 3. The number of alkyl halides is 1. The first-order valence-corrected chi connectivity index (χ1v) is 9.54. The highest BCUT2D eigenvalue weighted by Crippen LogP contribution is 2.32. The molecule has 6 heteroatoms. The number of sulfonamides is 1. The quantitative estimate of drug-likeness (QED) is 0.818. The van der Waals surface area contributed by atoms with E-state index in [1.165, 1.54) is 11.3 Å². The number of rotatable bonds is 6. The molecular weight excluding hydrogens is 302 g/mol. The van der Waals surface area contributed by atoms with Gasteiger partial charge in [-0.25, -0.2) is 13.1 Å². The Hall–Kier alpha value is -0.100. The van der Waals surface area contributed by atoms with Crippen molar-refractivity contribution in [3.8, 4) is 0 Å². The predicted molar refractivity (Wildman–Crippen MR) is 80.4 cm³/mol. The smallest absolute Gasteiger partial charge is 0.210 e. The molecule has 0 amide bonds. The third-order valence-corrected chi connectivity index (χ3v) is 7.34. The van der Waals surface area contributed by atoms with E-state index in [1.54, 1.807) is 6.07 Å². The Labute approximate surface area is 124 Å². The van der Waals surface area contributed by atoms with Crippen LogP contribution >= 0.6 is 22.9 Å². The molecule has 1 aliphatic rings. The molecule has 1 saturated carbocycles. The molecule has 0 saturated heterocycles. The maximum absolute atomic E-state index is 12.2. The molecule has 0 bridgehead atoms. The summed E-state index contributed by atoms with van der Waals surface area (Å²) in [6.45, 7) is 2.54. The van der Waals surface area contributed by atoms with Crippen LogP contribution in [0.4, 0.5) is 0 Å². The van der Waals surface area contributed by atoms with Crippen molar-refractivity contribution in [2.24, 2.45) is 11.8 Å². The predicted octanol–water partition coefficient (Wildman–Crippen LogP) is 3.24. The van der Waals surface area contributed by atoms with Gasteiger partial charge >= 0.3 is 0 Å². The fourth-order valence-electron chi connectivity index (χ4n) is 2.57. The van der Waals surface area contributed by atoms with Crippen molar-refractivity contribution in [2.75, 3.05) is 12.4 Å². The third kappa shape index (κ3) is 3.72. The van der Waals surface area contributed by atoms with Crippen molar-refractivity contribution in [3.63, 3.8) is 0 Å². The third-order valence-electron chi connectivity index (χ3n) is 3.80. The average molecular weight is 322 g/mol. The summed E-state index contributed by atoms with van der Waals surface area (Å²) in [6, 6.07) is 3.58. The second-order valence-electron chi connectivity index (χ2n) is 5.03. The van der Waals surface area contributed by atoms with E-state index < -0.39 is 10.0 Å². The SMILES string of the molecule is CCc1ccc(S(=O)(=O)NCC2CCCC2CCl)s1. The summed E-state index contributed by atoms with van der Waals surface area (Å²) in [6.07, 6.45) is 4.22. The van der Waals surface area contributed by atoms with Gasteiger partial charge in [-0.1, -0.05) is 13.3 Å². The van der Waals surface area contributed by atoms with Gasteiger partial charge in [-0.2, -0.15) is 0 Å². The molecule has 1 N–H and O–H groups in total. The molecule has 3 nitrogen and oxygen atoms in total. The number of nitrogens with one attached hydrogen (secondary N) is 1. The van der Waals surface area contributed by atoms with Crippen molar-refractivity contribution in [1.82, 2.24) is 4.72 Å². The fourth-order valence-corrected chi connectivity index (χ4v) is 5.41. The molecule has 2 atom stereocenters. The van der Waals surface area contributed by atoms with Gasteiger partial charge in [0.05, 0.1) is 0 Å². The second kappa shape index (κ2) is 6.57. The summed E-state index contributed by atoms with van der Waals surface area (Å²) in [5.41, 5.74) is 0. The minimum Gasteiger partial charge on any atom is -0.210 e. The van der Waals surface area contributed by atoms with Gasteiger partial charge in [0.1, 0.15) is 4.21 Å². The zero-order valence-corrected chi connectivity index (χ0v) is 13.5. The van der Waals surface area contributed by atoms with E-state index >= 15 is 0 Å². The lowest BCUT2D eigenvalue weighted by molar-refractivity contribution is 0.418. The summed E-state index contributed by atoms with van der Waals surface area (Å²) in [7, 11) is -3.34. The molecule has 0 aromatic carbocycles. The Morgan fingerprint density at radius 1 is 1.37 bits per heavy atom. The van der Waals surface area contributed by atoms with E-state index in [0.29, 0.717) is 28.5 Å². The summed E-state index contributed by atoms with van der Waals surface area (Å²) < 4.78 is 27.5. The summed E-state index contributed by atoms with van der Waals surface area (Å²) in [5.74, 6) is 1.47. The van der Waals surface area contributed by atoms with E-state index in [-0.39, 0.29) is 0 Å². The zero-order chi connectivity index (χ0) is 13.9. The van der Waals surface area contributed by atoms with Gasteiger partial charge < -0.3 is 0 Å². The molecule has 1 aromatic rings. The van der Waals surface area contributed by atoms with Crippen molar-refractivity contribution < 1.29 is 8.42 Å². The highest BCUT2D eigenvalue weighted by atomic mass is 35.5. The molecule has 0 radical (unpaired) electrons. The summed E-state index contributed by atoms with van der Waals surface area (Å²) in [4.78, 5) is 1.10. The van der Waals surface area contributed by atoms with E-state index in [2.05, 4.69) is 4.72 Å². The molecule has 2 rings (SSSR count). The Morgan fingerprint density at radius 2 is 2.11 bits per heavy atom. The Morgan fingerprint density at radius 3 is 2.74 bits per heavy atom. The first kappa shape index (κ1) is 15.3. The van der Waals surface area contributed by atoms with Crippen LogP contribution in [0, 0.1) is 11.8 Å².